The summed E-state index contributed by atoms with van der Waals surface area (Å²) in [7, 11) is -4.02. The number of nitro groups is 1. The second-order valence-corrected chi connectivity index (χ2v) is 8.81. The Kier molecular flexibility index (Phi) is 5.91. The van der Waals surface area contributed by atoms with Gasteiger partial charge in [-0.2, -0.15) is 0 Å². The third kappa shape index (κ3) is 4.26. The van der Waals surface area contributed by atoms with E-state index in [1.54, 1.807) is 43.3 Å². The Bertz CT molecular complexity index is 1130. The zero-order valence-corrected chi connectivity index (χ0v) is 17.4. The predicted molar refractivity (Wildman–Crippen MR) is 114 cm³/mol. The van der Waals surface area contributed by atoms with Crippen LogP contribution in [-0.4, -0.2) is 13.3 Å². The number of halogens is 1. The van der Waals surface area contributed by atoms with Crippen LogP contribution in [0.4, 0.5) is 11.4 Å². The van der Waals surface area contributed by atoms with Gasteiger partial charge in [0, 0.05) is 17.2 Å². The zero-order chi connectivity index (χ0) is 21.2. The lowest BCUT2D eigenvalue weighted by Crippen LogP contribution is -2.33. The molecular formula is C21H19ClN2O4S. The van der Waals surface area contributed by atoms with Crippen LogP contribution in [0.25, 0.3) is 0 Å². The summed E-state index contributed by atoms with van der Waals surface area (Å²) in [5.41, 5.74) is 1.94. The third-order valence-corrected chi connectivity index (χ3v) is 6.86. The molecule has 0 aliphatic heterocycles. The maximum Gasteiger partial charge on any atom is 0.269 e. The van der Waals surface area contributed by atoms with Gasteiger partial charge in [0.05, 0.1) is 21.5 Å². The van der Waals surface area contributed by atoms with E-state index < -0.39 is 21.0 Å². The van der Waals surface area contributed by atoms with Gasteiger partial charge in [-0.25, -0.2) is 8.42 Å². The number of aryl methyl sites for hydroxylation is 1. The number of sulfonamides is 1. The molecule has 1 atom stereocenters. The van der Waals surface area contributed by atoms with Crippen LogP contribution in [0.2, 0.25) is 5.02 Å². The number of benzene rings is 3. The standard InChI is InChI=1S/C21H19ClN2O4S/c1-15-7-9-17(10-8-15)23(16(2)20-5-3-4-6-21(20)22)29(27,28)19-13-11-18(12-14-19)24(25)26/h3-14,16H,1-2H3/t16-/m1/s1. The molecule has 0 fully saturated rings. The van der Waals surface area contributed by atoms with E-state index in [-0.39, 0.29) is 10.6 Å². The molecule has 0 aromatic heterocycles. The molecule has 0 aliphatic rings. The van der Waals surface area contributed by atoms with Crippen LogP contribution in [0.5, 0.6) is 0 Å². The Morgan fingerprint density at radius 1 is 0.966 bits per heavy atom. The highest BCUT2D eigenvalue weighted by molar-refractivity contribution is 7.92. The van der Waals surface area contributed by atoms with Gasteiger partial charge >= 0.3 is 0 Å². The number of nitro benzene ring substituents is 1. The van der Waals surface area contributed by atoms with Gasteiger partial charge in [-0.05, 0) is 49.7 Å². The van der Waals surface area contributed by atoms with Gasteiger partial charge in [-0.15, -0.1) is 0 Å². The number of nitrogens with zero attached hydrogens (tertiary/aromatic N) is 2. The molecular weight excluding hydrogens is 412 g/mol. The van der Waals surface area contributed by atoms with E-state index in [4.69, 9.17) is 11.6 Å². The summed E-state index contributed by atoms with van der Waals surface area (Å²) >= 11 is 6.33. The van der Waals surface area contributed by atoms with Crippen molar-refractivity contribution in [1.82, 2.24) is 0 Å². The molecule has 6 nitrogen and oxygen atoms in total. The SMILES string of the molecule is Cc1ccc(N([C@H](C)c2ccccc2Cl)S(=O)(=O)c2ccc([N+](=O)[O-])cc2)cc1. The lowest BCUT2D eigenvalue weighted by molar-refractivity contribution is -0.384. The van der Waals surface area contributed by atoms with Crippen LogP contribution >= 0.6 is 11.6 Å². The second-order valence-electron chi connectivity index (χ2n) is 6.58. The van der Waals surface area contributed by atoms with E-state index in [1.165, 1.54) is 28.6 Å². The van der Waals surface area contributed by atoms with E-state index >= 15 is 0 Å². The van der Waals surface area contributed by atoms with Crippen molar-refractivity contribution in [1.29, 1.82) is 0 Å². The minimum atomic E-state index is -4.02. The summed E-state index contributed by atoms with van der Waals surface area (Å²) in [5.74, 6) is 0. The van der Waals surface area contributed by atoms with Crippen LogP contribution in [0, 0.1) is 17.0 Å². The highest BCUT2D eigenvalue weighted by Crippen LogP contribution is 2.36. The van der Waals surface area contributed by atoms with Gasteiger partial charge in [0.1, 0.15) is 0 Å². The number of hydrogen-bond acceptors (Lipinski definition) is 4. The maximum absolute atomic E-state index is 13.5. The van der Waals surface area contributed by atoms with Crippen molar-refractivity contribution in [2.75, 3.05) is 4.31 Å². The molecule has 0 bridgehead atoms. The lowest BCUT2D eigenvalue weighted by Gasteiger charge is -2.31. The summed E-state index contributed by atoms with van der Waals surface area (Å²) < 4.78 is 28.4. The van der Waals surface area contributed by atoms with E-state index in [9.17, 15) is 18.5 Å². The smallest absolute Gasteiger partial charge is 0.259 e. The molecule has 8 heteroatoms. The molecule has 0 aliphatic carbocycles. The van der Waals surface area contributed by atoms with Crippen LogP contribution in [0.15, 0.2) is 77.7 Å². The van der Waals surface area contributed by atoms with E-state index in [0.29, 0.717) is 16.3 Å². The first-order chi connectivity index (χ1) is 13.7. The summed E-state index contributed by atoms with van der Waals surface area (Å²) in [5, 5.41) is 11.4. The topological polar surface area (TPSA) is 80.5 Å². The number of rotatable bonds is 6. The fourth-order valence-electron chi connectivity index (χ4n) is 3.06. The molecule has 0 radical (unpaired) electrons. The fourth-order valence-corrected chi connectivity index (χ4v) is 4.99. The Morgan fingerprint density at radius 2 is 1.55 bits per heavy atom. The first-order valence-corrected chi connectivity index (χ1v) is 10.6. The van der Waals surface area contributed by atoms with Gasteiger partial charge in [0.15, 0.2) is 0 Å². The largest absolute Gasteiger partial charge is 0.269 e. The molecule has 0 spiro atoms. The third-order valence-electron chi connectivity index (χ3n) is 4.60. The molecule has 0 heterocycles. The molecule has 3 aromatic rings. The monoisotopic (exact) mass is 430 g/mol. The van der Waals surface area contributed by atoms with Crippen molar-refractivity contribution in [3.8, 4) is 0 Å². The Hall–Kier alpha value is -2.90. The zero-order valence-electron chi connectivity index (χ0n) is 15.8. The molecule has 150 valence electrons. The normalized spacial score (nSPS) is 12.4. The van der Waals surface area contributed by atoms with Crippen LogP contribution in [0.3, 0.4) is 0 Å². The van der Waals surface area contributed by atoms with Crippen molar-refractivity contribution >= 4 is 33.0 Å². The Balaban J connectivity index is 2.15. The average Bonchev–Trinajstić information content (AvgIpc) is 2.70. The molecule has 3 aromatic carbocycles. The molecule has 0 amide bonds. The average molecular weight is 431 g/mol. The highest BCUT2D eigenvalue weighted by atomic mass is 35.5. The van der Waals surface area contributed by atoms with Crippen molar-refractivity contribution in [2.45, 2.75) is 24.8 Å². The summed E-state index contributed by atoms with van der Waals surface area (Å²) in [6.45, 7) is 3.67. The minimum absolute atomic E-state index is 0.0393. The van der Waals surface area contributed by atoms with Crippen LogP contribution in [0.1, 0.15) is 24.1 Å². The lowest BCUT2D eigenvalue weighted by atomic mass is 10.1. The minimum Gasteiger partial charge on any atom is -0.259 e. The molecule has 0 saturated carbocycles. The van der Waals surface area contributed by atoms with Crippen LogP contribution < -0.4 is 4.31 Å². The first-order valence-electron chi connectivity index (χ1n) is 8.82. The first kappa shape index (κ1) is 20.8. The maximum atomic E-state index is 13.5. The molecule has 0 unspecified atom stereocenters. The number of non-ortho nitro benzene ring substituents is 1. The Morgan fingerprint density at radius 3 is 2.10 bits per heavy atom. The van der Waals surface area contributed by atoms with Crippen molar-refractivity contribution < 1.29 is 13.3 Å². The molecule has 29 heavy (non-hydrogen) atoms. The van der Waals surface area contributed by atoms with E-state index in [1.807, 2.05) is 19.1 Å². The van der Waals surface area contributed by atoms with Gasteiger partial charge < -0.3 is 0 Å². The predicted octanol–water partition coefficient (Wildman–Crippen LogP) is 5.51. The van der Waals surface area contributed by atoms with Crippen molar-refractivity contribution in [3.05, 3.63) is 99.1 Å². The summed E-state index contributed by atoms with van der Waals surface area (Å²) in [6.07, 6.45) is 0. The number of hydrogen-bond donors (Lipinski definition) is 0. The number of anilines is 1. The highest BCUT2D eigenvalue weighted by Gasteiger charge is 2.31. The molecule has 0 saturated heterocycles. The summed E-state index contributed by atoms with van der Waals surface area (Å²) in [4.78, 5) is 10.3. The van der Waals surface area contributed by atoms with Gasteiger partial charge in [-0.1, -0.05) is 47.5 Å². The fraction of sp³-hybridized carbons (Fsp3) is 0.143. The van der Waals surface area contributed by atoms with E-state index in [2.05, 4.69) is 0 Å². The van der Waals surface area contributed by atoms with E-state index in [0.717, 1.165) is 5.56 Å². The molecule has 3 rings (SSSR count). The quantitative estimate of drug-likeness (QED) is 0.381. The summed E-state index contributed by atoms with van der Waals surface area (Å²) in [6, 6.07) is 18.4. The van der Waals surface area contributed by atoms with Crippen molar-refractivity contribution in [2.24, 2.45) is 0 Å². The Labute approximate surface area is 174 Å². The second kappa shape index (κ2) is 8.23. The molecule has 0 N–H and O–H groups in total. The van der Waals surface area contributed by atoms with Gasteiger partial charge in [0.2, 0.25) is 0 Å². The van der Waals surface area contributed by atoms with Crippen LogP contribution in [-0.2, 0) is 10.0 Å². The van der Waals surface area contributed by atoms with Crippen molar-refractivity contribution in [3.63, 3.8) is 0 Å². The van der Waals surface area contributed by atoms with Gasteiger partial charge in [-0.3, -0.25) is 14.4 Å². The van der Waals surface area contributed by atoms with Gasteiger partial charge in [0.25, 0.3) is 15.7 Å².